The van der Waals surface area contributed by atoms with Crippen LogP contribution in [0, 0.1) is 13.8 Å². The van der Waals surface area contributed by atoms with Crippen molar-refractivity contribution >= 4 is 12.0 Å². The first-order valence-electron chi connectivity index (χ1n) is 5.96. The Balaban J connectivity index is 3.06. The molecular formula is C15H21NO. The van der Waals surface area contributed by atoms with Gasteiger partial charge in [-0.15, -0.1) is 0 Å². The molecule has 1 aromatic carbocycles. The maximum atomic E-state index is 11.1. The molecule has 2 heteroatoms. The van der Waals surface area contributed by atoms with Gasteiger partial charge in [0.25, 0.3) is 0 Å². The third kappa shape index (κ3) is 3.45. The Bertz CT molecular complexity index is 421. The van der Waals surface area contributed by atoms with Crippen LogP contribution >= 0.6 is 0 Å². The maximum absolute atomic E-state index is 11.1. The van der Waals surface area contributed by atoms with Crippen molar-refractivity contribution in [2.75, 3.05) is 7.05 Å². The molecule has 1 rings (SSSR count). The summed E-state index contributed by atoms with van der Waals surface area (Å²) in [5.41, 5.74) is 5.06. The van der Waals surface area contributed by atoms with Crippen LogP contribution < -0.4 is 5.32 Å². The first kappa shape index (κ1) is 13.5. The van der Waals surface area contributed by atoms with Crippen LogP contribution in [-0.2, 0) is 4.79 Å². The van der Waals surface area contributed by atoms with Gasteiger partial charge in [0.2, 0.25) is 5.91 Å². The van der Waals surface area contributed by atoms with Crippen LogP contribution in [0.1, 0.15) is 42.0 Å². The minimum absolute atomic E-state index is 0.0757. The van der Waals surface area contributed by atoms with Gasteiger partial charge >= 0.3 is 0 Å². The summed E-state index contributed by atoms with van der Waals surface area (Å²) < 4.78 is 0. The maximum Gasteiger partial charge on any atom is 0.243 e. The van der Waals surface area contributed by atoms with Gasteiger partial charge in [-0.25, -0.2) is 0 Å². The molecule has 0 unspecified atom stereocenters. The highest BCUT2D eigenvalue weighted by atomic mass is 16.1. The number of benzene rings is 1. The predicted molar refractivity (Wildman–Crippen MR) is 73.1 cm³/mol. The molecule has 0 bridgehead atoms. The number of carbonyl (C=O) groups excluding carboxylic acids is 1. The highest BCUT2D eigenvalue weighted by Gasteiger charge is 2.07. The van der Waals surface area contributed by atoms with Crippen LogP contribution in [0.2, 0.25) is 0 Å². The van der Waals surface area contributed by atoms with E-state index in [1.807, 2.05) is 6.08 Å². The summed E-state index contributed by atoms with van der Waals surface area (Å²) >= 11 is 0. The van der Waals surface area contributed by atoms with Crippen molar-refractivity contribution in [3.8, 4) is 0 Å². The summed E-state index contributed by atoms with van der Waals surface area (Å²) in [5, 5.41) is 2.57. The van der Waals surface area contributed by atoms with Gasteiger partial charge in [0.1, 0.15) is 0 Å². The van der Waals surface area contributed by atoms with Crippen molar-refractivity contribution < 1.29 is 4.79 Å². The summed E-state index contributed by atoms with van der Waals surface area (Å²) in [6.45, 7) is 8.66. The van der Waals surface area contributed by atoms with Crippen LogP contribution in [0.4, 0.5) is 0 Å². The number of likely N-dealkylation sites (N-methyl/N-ethyl adjacent to an activating group) is 1. The SMILES string of the molecule is CNC(=O)/C=C/c1cc(C)c(C(C)C)c(C)c1. The zero-order chi connectivity index (χ0) is 13.0. The molecule has 0 fully saturated rings. The molecule has 0 radical (unpaired) electrons. The largest absolute Gasteiger partial charge is 0.356 e. The monoisotopic (exact) mass is 231 g/mol. The van der Waals surface area contributed by atoms with E-state index in [2.05, 4.69) is 45.1 Å². The average Bonchev–Trinajstić information content (AvgIpc) is 2.24. The second kappa shape index (κ2) is 5.67. The topological polar surface area (TPSA) is 29.1 Å². The lowest BCUT2D eigenvalue weighted by Crippen LogP contribution is -2.13. The average molecular weight is 231 g/mol. The first-order valence-corrected chi connectivity index (χ1v) is 5.96. The molecular weight excluding hydrogens is 210 g/mol. The van der Waals surface area contributed by atoms with Crippen molar-refractivity contribution in [1.82, 2.24) is 5.32 Å². The van der Waals surface area contributed by atoms with E-state index in [-0.39, 0.29) is 5.91 Å². The Labute approximate surface area is 104 Å². The Morgan fingerprint density at radius 3 is 2.18 bits per heavy atom. The highest BCUT2D eigenvalue weighted by Crippen LogP contribution is 2.25. The fourth-order valence-electron chi connectivity index (χ4n) is 2.27. The van der Waals surface area contributed by atoms with Crippen LogP contribution in [-0.4, -0.2) is 13.0 Å². The quantitative estimate of drug-likeness (QED) is 0.795. The summed E-state index contributed by atoms with van der Waals surface area (Å²) in [6, 6.07) is 4.25. The molecule has 0 saturated carbocycles. The predicted octanol–water partition coefficient (Wildman–Crippen LogP) is 3.19. The summed E-state index contributed by atoms with van der Waals surface area (Å²) in [5.74, 6) is 0.459. The van der Waals surface area contributed by atoms with E-state index in [4.69, 9.17) is 0 Å². The van der Waals surface area contributed by atoms with E-state index in [0.29, 0.717) is 5.92 Å². The Morgan fingerprint density at radius 1 is 1.24 bits per heavy atom. The highest BCUT2D eigenvalue weighted by molar-refractivity contribution is 5.91. The molecule has 0 aliphatic carbocycles. The van der Waals surface area contributed by atoms with Crippen LogP contribution in [0.3, 0.4) is 0 Å². The Hall–Kier alpha value is -1.57. The van der Waals surface area contributed by atoms with Crippen molar-refractivity contribution in [3.05, 3.63) is 40.5 Å². The van der Waals surface area contributed by atoms with Crippen molar-refractivity contribution in [2.45, 2.75) is 33.6 Å². The standard InChI is InChI=1S/C15H21NO/c1-10(2)15-11(3)8-13(9-12(15)4)6-7-14(17)16-5/h6-10H,1-5H3,(H,16,17)/b7-6+. The number of nitrogens with one attached hydrogen (secondary N) is 1. The molecule has 1 amide bonds. The lowest BCUT2D eigenvalue weighted by atomic mass is 9.91. The molecule has 0 aliphatic heterocycles. The van der Waals surface area contributed by atoms with Crippen LogP contribution in [0.25, 0.3) is 6.08 Å². The fourth-order valence-corrected chi connectivity index (χ4v) is 2.27. The Morgan fingerprint density at radius 2 is 1.76 bits per heavy atom. The smallest absolute Gasteiger partial charge is 0.243 e. The molecule has 17 heavy (non-hydrogen) atoms. The van der Waals surface area contributed by atoms with E-state index in [1.54, 1.807) is 13.1 Å². The summed E-state index contributed by atoms with van der Waals surface area (Å²) in [4.78, 5) is 11.1. The van der Waals surface area contributed by atoms with Gasteiger partial charge in [-0.1, -0.05) is 26.0 Å². The molecule has 1 N–H and O–H groups in total. The number of hydrogen-bond donors (Lipinski definition) is 1. The minimum Gasteiger partial charge on any atom is -0.356 e. The molecule has 0 atom stereocenters. The third-order valence-corrected chi connectivity index (χ3v) is 2.87. The molecule has 0 spiro atoms. The zero-order valence-corrected chi connectivity index (χ0v) is 11.3. The van der Waals surface area contributed by atoms with Gasteiger partial charge < -0.3 is 5.32 Å². The summed E-state index contributed by atoms with van der Waals surface area (Å²) in [7, 11) is 1.63. The molecule has 1 aromatic rings. The van der Waals surface area contributed by atoms with Gasteiger partial charge in [0.15, 0.2) is 0 Å². The number of carbonyl (C=O) groups is 1. The van der Waals surface area contributed by atoms with E-state index >= 15 is 0 Å². The Kier molecular flexibility index (Phi) is 4.50. The second-order valence-corrected chi connectivity index (χ2v) is 4.67. The minimum atomic E-state index is -0.0757. The lowest BCUT2D eigenvalue weighted by Gasteiger charge is -2.14. The number of hydrogen-bond acceptors (Lipinski definition) is 1. The van der Waals surface area contributed by atoms with Gasteiger partial charge in [-0.2, -0.15) is 0 Å². The van der Waals surface area contributed by atoms with E-state index in [9.17, 15) is 4.79 Å². The van der Waals surface area contributed by atoms with E-state index in [0.717, 1.165) is 5.56 Å². The molecule has 0 saturated heterocycles. The lowest BCUT2D eigenvalue weighted by molar-refractivity contribution is -0.115. The molecule has 92 valence electrons. The van der Waals surface area contributed by atoms with Crippen molar-refractivity contribution in [1.29, 1.82) is 0 Å². The second-order valence-electron chi connectivity index (χ2n) is 4.67. The van der Waals surface area contributed by atoms with Crippen LogP contribution in [0.15, 0.2) is 18.2 Å². The zero-order valence-electron chi connectivity index (χ0n) is 11.3. The number of rotatable bonds is 3. The fraction of sp³-hybridized carbons (Fsp3) is 0.400. The van der Waals surface area contributed by atoms with Gasteiger partial charge in [0.05, 0.1) is 0 Å². The number of amides is 1. The number of aryl methyl sites for hydroxylation is 2. The molecule has 2 nitrogen and oxygen atoms in total. The van der Waals surface area contributed by atoms with Crippen molar-refractivity contribution in [2.24, 2.45) is 0 Å². The van der Waals surface area contributed by atoms with Gasteiger partial charge in [-0.3, -0.25) is 4.79 Å². The van der Waals surface area contributed by atoms with E-state index in [1.165, 1.54) is 16.7 Å². The summed E-state index contributed by atoms with van der Waals surface area (Å²) in [6.07, 6.45) is 3.41. The molecule has 0 aromatic heterocycles. The van der Waals surface area contributed by atoms with Gasteiger partial charge in [-0.05, 0) is 48.1 Å². The molecule has 0 aliphatic rings. The van der Waals surface area contributed by atoms with Crippen molar-refractivity contribution in [3.63, 3.8) is 0 Å². The van der Waals surface area contributed by atoms with E-state index < -0.39 is 0 Å². The third-order valence-electron chi connectivity index (χ3n) is 2.87. The van der Waals surface area contributed by atoms with Crippen LogP contribution in [0.5, 0.6) is 0 Å². The first-order chi connectivity index (χ1) is 7.95. The normalized spacial score (nSPS) is 11.2. The van der Waals surface area contributed by atoms with Gasteiger partial charge in [0, 0.05) is 13.1 Å². The molecule has 0 heterocycles.